The molecule has 1 atom stereocenters. The quantitative estimate of drug-likeness (QED) is 0.239. The van der Waals surface area contributed by atoms with Gasteiger partial charge in [0.2, 0.25) is 0 Å². The Labute approximate surface area is 222 Å². The summed E-state index contributed by atoms with van der Waals surface area (Å²) in [7, 11) is 0. The van der Waals surface area contributed by atoms with Crippen molar-refractivity contribution in [2.24, 2.45) is 0 Å². The molecule has 12 heteroatoms. The summed E-state index contributed by atoms with van der Waals surface area (Å²) in [6.07, 6.45) is 6.19. The second-order valence-corrected chi connectivity index (χ2v) is 9.40. The molecule has 0 aromatic carbocycles. The molecule has 0 aliphatic heterocycles. The maximum Gasteiger partial charge on any atom is 0.255 e. The molecule has 0 fully saturated rings. The molecular weight excluding hydrogens is 501 g/mol. The summed E-state index contributed by atoms with van der Waals surface area (Å²) >= 11 is 0. The standard InChI is InChI=1S/C27H24FN9O2/c1-27(2,39)25(28)15-32-26(38)20-14-31-23(24-6-4-19-7-16(9-29)10-35-37(19)24)8-22(20)36-18-3-5-21(30-13-18)17-11-33-34-12-17/h3-8,10-14,25,39H,15H2,1-2H3,(H,31,36)(H,32,38)(H,33,34)/t25-/m1/s1. The van der Waals surface area contributed by atoms with E-state index in [1.807, 2.05) is 18.2 Å². The zero-order valence-electron chi connectivity index (χ0n) is 21.1. The highest BCUT2D eigenvalue weighted by molar-refractivity contribution is 6.00. The number of fused-ring (bicyclic) bond motifs is 1. The molecule has 0 saturated carbocycles. The molecule has 0 spiro atoms. The van der Waals surface area contributed by atoms with E-state index in [2.05, 4.69) is 42.0 Å². The minimum Gasteiger partial charge on any atom is -0.387 e. The Morgan fingerprint density at radius 1 is 1.15 bits per heavy atom. The van der Waals surface area contributed by atoms with Crippen LogP contribution in [0.3, 0.4) is 0 Å². The number of amides is 1. The van der Waals surface area contributed by atoms with Gasteiger partial charge in [-0.1, -0.05) is 0 Å². The average Bonchev–Trinajstić information content (AvgIpc) is 3.61. The van der Waals surface area contributed by atoms with Crippen LogP contribution in [0.25, 0.3) is 28.2 Å². The van der Waals surface area contributed by atoms with Crippen LogP contribution in [-0.4, -0.2) is 59.1 Å². The van der Waals surface area contributed by atoms with Gasteiger partial charge in [-0.25, -0.2) is 8.91 Å². The van der Waals surface area contributed by atoms with E-state index in [0.717, 1.165) is 5.56 Å². The topological polar surface area (TPSA) is 157 Å². The molecule has 39 heavy (non-hydrogen) atoms. The monoisotopic (exact) mass is 525 g/mol. The first-order chi connectivity index (χ1) is 18.7. The average molecular weight is 526 g/mol. The number of anilines is 2. The molecule has 196 valence electrons. The summed E-state index contributed by atoms with van der Waals surface area (Å²) in [6.45, 7) is 2.30. The number of aromatic nitrogens is 6. The summed E-state index contributed by atoms with van der Waals surface area (Å²) in [5.41, 5.74) is 3.40. The van der Waals surface area contributed by atoms with Gasteiger partial charge in [0.1, 0.15) is 12.2 Å². The second-order valence-electron chi connectivity index (χ2n) is 9.40. The zero-order valence-corrected chi connectivity index (χ0v) is 21.1. The number of hydrogen-bond donors (Lipinski definition) is 4. The fourth-order valence-electron chi connectivity index (χ4n) is 3.85. The number of carbonyl (C=O) groups is 1. The number of carbonyl (C=O) groups excluding carboxylic acids is 1. The number of aliphatic hydroxyl groups is 1. The lowest BCUT2D eigenvalue weighted by atomic mass is 10.0. The van der Waals surface area contributed by atoms with Crippen LogP contribution < -0.4 is 10.6 Å². The molecule has 5 heterocycles. The smallest absolute Gasteiger partial charge is 0.255 e. The maximum absolute atomic E-state index is 14.3. The fourth-order valence-corrected chi connectivity index (χ4v) is 3.85. The van der Waals surface area contributed by atoms with Gasteiger partial charge >= 0.3 is 0 Å². The van der Waals surface area contributed by atoms with Crippen molar-refractivity contribution < 1.29 is 14.3 Å². The highest BCUT2D eigenvalue weighted by atomic mass is 19.1. The number of alkyl halides is 1. The highest BCUT2D eigenvalue weighted by Gasteiger charge is 2.27. The minimum absolute atomic E-state index is 0.168. The highest BCUT2D eigenvalue weighted by Crippen LogP contribution is 2.28. The number of rotatable bonds is 8. The Kier molecular flexibility index (Phi) is 6.74. The van der Waals surface area contributed by atoms with Crippen molar-refractivity contribution in [3.63, 3.8) is 0 Å². The normalized spacial score (nSPS) is 12.2. The number of pyridine rings is 2. The third kappa shape index (κ3) is 5.43. The van der Waals surface area contributed by atoms with Crippen molar-refractivity contribution in [3.8, 4) is 28.7 Å². The molecule has 0 bridgehead atoms. The molecule has 5 aromatic rings. The van der Waals surface area contributed by atoms with Gasteiger partial charge in [-0.05, 0) is 50.2 Å². The van der Waals surface area contributed by atoms with E-state index in [4.69, 9.17) is 5.26 Å². The molecule has 11 nitrogen and oxygen atoms in total. The lowest BCUT2D eigenvalue weighted by Crippen LogP contribution is -2.42. The van der Waals surface area contributed by atoms with Crippen molar-refractivity contribution in [3.05, 3.63) is 78.5 Å². The predicted molar refractivity (Wildman–Crippen MR) is 142 cm³/mol. The summed E-state index contributed by atoms with van der Waals surface area (Å²) in [5, 5.41) is 35.8. The van der Waals surface area contributed by atoms with Gasteiger partial charge in [0, 0.05) is 18.0 Å². The van der Waals surface area contributed by atoms with Crippen LogP contribution in [0.4, 0.5) is 15.8 Å². The number of H-pyrrole nitrogens is 1. The molecule has 0 saturated heterocycles. The second kappa shape index (κ2) is 10.3. The molecule has 0 aliphatic rings. The molecule has 0 radical (unpaired) electrons. The predicted octanol–water partition coefficient (Wildman–Crippen LogP) is 3.64. The maximum atomic E-state index is 14.3. The van der Waals surface area contributed by atoms with E-state index in [1.165, 1.54) is 26.2 Å². The van der Waals surface area contributed by atoms with Crippen molar-refractivity contribution >= 4 is 22.8 Å². The van der Waals surface area contributed by atoms with Crippen molar-refractivity contribution in [2.75, 3.05) is 11.9 Å². The Balaban J connectivity index is 1.49. The zero-order chi connectivity index (χ0) is 27.6. The van der Waals surface area contributed by atoms with E-state index >= 15 is 0 Å². The number of nitrogens with zero attached hydrogens (tertiary/aromatic N) is 6. The molecule has 4 N–H and O–H groups in total. The van der Waals surface area contributed by atoms with Crippen LogP contribution in [0.2, 0.25) is 0 Å². The van der Waals surface area contributed by atoms with Crippen LogP contribution in [0.15, 0.2) is 67.4 Å². The molecule has 0 aliphatic carbocycles. The van der Waals surface area contributed by atoms with Crippen molar-refractivity contribution in [2.45, 2.75) is 25.6 Å². The van der Waals surface area contributed by atoms with Gasteiger partial charge in [-0.15, -0.1) is 0 Å². The first-order valence-electron chi connectivity index (χ1n) is 12.0. The lowest BCUT2D eigenvalue weighted by Gasteiger charge is -2.22. The number of halogens is 1. The molecule has 0 unspecified atom stereocenters. The largest absolute Gasteiger partial charge is 0.387 e. The summed E-state index contributed by atoms with van der Waals surface area (Å²) in [5.74, 6) is -0.566. The van der Waals surface area contributed by atoms with E-state index in [1.54, 1.807) is 41.3 Å². The fraction of sp³-hybridized carbons (Fsp3) is 0.185. The van der Waals surface area contributed by atoms with E-state index in [9.17, 15) is 14.3 Å². The van der Waals surface area contributed by atoms with Gasteiger partial charge in [0.25, 0.3) is 5.91 Å². The number of nitriles is 1. The number of hydrogen-bond acceptors (Lipinski definition) is 8. The first-order valence-corrected chi connectivity index (χ1v) is 12.0. The van der Waals surface area contributed by atoms with Crippen LogP contribution in [0, 0.1) is 11.3 Å². The molecule has 5 rings (SSSR count). The Morgan fingerprint density at radius 2 is 1.97 bits per heavy atom. The third-order valence-corrected chi connectivity index (χ3v) is 6.09. The van der Waals surface area contributed by atoms with Gasteiger partial charge in [0.05, 0.1) is 75.8 Å². The van der Waals surface area contributed by atoms with Gasteiger partial charge < -0.3 is 15.7 Å². The van der Waals surface area contributed by atoms with Crippen LogP contribution >= 0.6 is 0 Å². The van der Waals surface area contributed by atoms with Gasteiger partial charge in [-0.3, -0.25) is 19.9 Å². The molecule has 1 amide bonds. The third-order valence-electron chi connectivity index (χ3n) is 6.09. The summed E-state index contributed by atoms with van der Waals surface area (Å²) < 4.78 is 15.9. The van der Waals surface area contributed by atoms with E-state index in [0.29, 0.717) is 39.5 Å². The molecule has 5 aromatic heterocycles. The summed E-state index contributed by atoms with van der Waals surface area (Å²) in [6, 6.07) is 12.7. The Morgan fingerprint density at radius 3 is 2.67 bits per heavy atom. The SMILES string of the molecule is CC(C)(O)[C@H](F)CNC(=O)c1cnc(-c2ccc3cc(C#N)cnn23)cc1Nc1ccc(-c2cn[nH]c2)nc1. The summed E-state index contributed by atoms with van der Waals surface area (Å²) in [4.78, 5) is 22.0. The van der Waals surface area contributed by atoms with Gasteiger partial charge in [0.15, 0.2) is 0 Å². The number of nitrogens with one attached hydrogen (secondary N) is 3. The lowest BCUT2D eigenvalue weighted by molar-refractivity contribution is -0.00177. The van der Waals surface area contributed by atoms with Crippen molar-refractivity contribution in [1.82, 2.24) is 35.1 Å². The van der Waals surface area contributed by atoms with Crippen LogP contribution in [-0.2, 0) is 0 Å². The molecular formula is C27H24FN9O2. The number of aromatic amines is 1. The van der Waals surface area contributed by atoms with E-state index < -0.39 is 17.7 Å². The minimum atomic E-state index is -1.67. The van der Waals surface area contributed by atoms with E-state index in [-0.39, 0.29) is 12.1 Å². The Bertz CT molecular complexity index is 1670. The first kappa shape index (κ1) is 25.5. The van der Waals surface area contributed by atoms with Gasteiger partial charge in [-0.2, -0.15) is 15.5 Å². The van der Waals surface area contributed by atoms with Crippen LogP contribution in [0.5, 0.6) is 0 Å². The van der Waals surface area contributed by atoms with Crippen LogP contribution in [0.1, 0.15) is 29.8 Å². The Hall–Kier alpha value is -5.15. The van der Waals surface area contributed by atoms with Crippen molar-refractivity contribution in [1.29, 1.82) is 5.26 Å².